The zero-order valence-electron chi connectivity index (χ0n) is 9.28. The molecule has 1 saturated carbocycles. The summed E-state index contributed by atoms with van der Waals surface area (Å²) in [6, 6.07) is 1.17. The van der Waals surface area contributed by atoms with E-state index in [1.807, 2.05) is 0 Å². The van der Waals surface area contributed by atoms with Crippen LogP contribution in [0.25, 0.3) is 0 Å². The average Bonchev–Trinajstić information content (AvgIpc) is 2.46. The van der Waals surface area contributed by atoms with Gasteiger partial charge in [-0.3, -0.25) is 4.90 Å². The molecular weight excluding hydrogens is 174 g/mol. The van der Waals surface area contributed by atoms with Crippen LogP contribution in [0.3, 0.4) is 0 Å². The van der Waals surface area contributed by atoms with Crippen molar-refractivity contribution in [1.82, 2.24) is 4.90 Å². The number of rotatable bonds is 1. The van der Waals surface area contributed by atoms with Gasteiger partial charge >= 0.3 is 0 Å². The standard InChI is InChI=1S/C12H23NO/c1-10-6-3-2-4-9-13(10)11-7-5-8-12(11)14/h10-12,14H,2-9H2,1H3/t10?,11-,12-/m0/s1. The first-order valence-electron chi connectivity index (χ1n) is 6.23. The summed E-state index contributed by atoms with van der Waals surface area (Å²) in [5.41, 5.74) is 0. The molecule has 1 aliphatic heterocycles. The van der Waals surface area contributed by atoms with Crippen molar-refractivity contribution in [3.8, 4) is 0 Å². The predicted molar refractivity (Wildman–Crippen MR) is 58.3 cm³/mol. The van der Waals surface area contributed by atoms with Crippen LogP contribution in [0.1, 0.15) is 51.9 Å². The Morgan fingerprint density at radius 3 is 2.57 bits per heavy atom. The van der Waals surface area contributed by atoms with Crippen molar-refractivity contribution in [2.45, 2.75) is 70.1 Å². The maximum absolute atomic E-state index is 9.91. The van der Waals surface area contributed by atoms with Crippen molar-refractivity contribution in [3.05, 3.63) is 0 Å². The molecule has 0 aromatic carbocycles. The van der Waals surface area contributed by atoms with E-state index in [-0.39, 0.29) is 6.10 Å². The summed E-state index contributed by atoms with van der Waals surface area (Å²) in [7, 11) is 0. The fraction of sp³-hybridized carbons (Fsp3) is 1.00. The molecule has 1 aliphatic carbocycles. The molecule has 1 saturated heterocycles. The first-order valence-corrected chi connectivity index (χ1v) is 6.23. The molecule has 2 rings (SSSR count). The second kappa shape index (κ2) is 4.63. The molecule has 82 valence electrons. The lowest BCUT2D eigenvalue weighted by molar-refractivity contribution is 0.0493. The van der Waals surface area contributed by atoms with E-state index in [1.54, 1.807) is 0 Å². The molecule has 2 aliphatic rings. The number of likely N-dealkylation sites (tertiary alicyclic amines) is 1. The third-order valence-electron chi connectivity index (χ3n) is 3.97. The van der Waals surface area contributed by atoms with Crippen LogP contribution in [0.4, 0.5) is 0 Å². The second-order valence-electron chi connectivity index (χ2n) is 5.00. The van der Waals surface area contributed by atoms with Gasteiger partial charge in [0.1, 0.15) is 0 Å². The maximum atomic E-state index is 9.91. The van der Waals surface area contributed by atoms with Crippen LogP contribution in [-0.2, 0) is 0 Å². The minimum atomic E-state index is -0.0458. The molecule has 1 unspecified atom stereocenters. The van der Waals surface area contributed by atoms with Gasteiger partial charge in [-0.2, -0.15) is 0 Å². The average molecular weight is 197 g/mol. The highest BCUT2D eigenvalue weighted by molar-refractivity contribution is 4.88. The quantitative estimate of drug-likeness (QED) is 0.696. The largest absolute Gasteiger partial charge is 0.391 e. The number of aliphatic hydroxyl groups is 1. The van der Waals surface area contributed by atoms with E-state index in [2.05, 4.69) is 11.8 Å². The van der Waals surface area contributed by atoms with Crippen LogP contribution in [0.5, 0.6) is 0 Å². The van der Waals surface area contributed by atoms with Gasteiger partial charge in [0.15, 0.2) is 0 Å². The number of hydrogen-bond acceptors (Lipinski definition) is 2. The summed E-state index contributed by atoms with van der Waals surface area (Å²) in [5.74, 6) is 0. The number of aliphatic hydroxyl groups excluding tert-OH is 1. The lowest BCUT2D eigenvalue weighted by Crippen LogP contribution is -2.45. The van der Waals surface area contributed by atoms with E-state index >= 15 is 0 Å². The van der Waals surface area contributed by atoms with Gasteiger partial charge in [-0.05, 0) is 45.6 Å². The first kappa shape index (κ1) is 10.4. The molecule has 2 heteroatoms. The molecule has 1 heterocycles. The lowest BCUT2D eigenvalue weighted by Gasteiger charge is -2.34. The Morgan fingerprint density at radius 2 is 1.86 bits per heavy atom. The van der Waals surface area contributed by atoms with Gasteiger partial charge in [-0.1, -0.05) is 12.8 Å². The van der Waals surface area contributed by atoms with Gasteiger partial charge in [0.25, 0.3) is 0 Å². The molecule has 2 fully saturated rings. The molecule has 1 N–H and O–H groups in total. The normalized spacial score (nSPS) is 41.1. The SMILES string of the molecule is CC1CCCCCN1[C@H]1CCC[C@@H]1O. The molecule has 0 radical (unpaired) electrons. The molecule has 2 nitrogen and oxygen atoms in total. The third-order valence-corrected chi connectivity index (χ3v) is 3.97. The molecule has 3 atom stereocenters. The van der Waals surface area contributed by atoms with E-state index in [1.165, 1.54) is 45.1 Å². The molecule has 0 bridgehead atoms. The van der Waals surface area contributed by atoms with Crippen LogP contribution in [0, 0.1) is 0 Å². The van der Waals surface area contributed by atoms with Crippen molar-refractivity contribution in [1.29, 1.82) is 0 Å². The van der Waals surface area contributed by atoms with Gasteiger partial charge < -0.3 is 5.11 Å². The van der Waals surface area contributed by atoms with Gasteiger partial charge in [-0.25, -0.2) is 0 Å². The first-order chi connectivity index (χ1) is 6.79. The van der Waals surface area contributed by atoms with Crippen molar-refractivity contribution >= 4 is 0 Å². The molecule has 14 heavy (non-hydrogen) atoms. The Hall–Kier alpha value is -0.0800. The minimum Gasteiger partial charge on any atom is -0.391 e. The monoisotopic (exact) mass is 197 g/mol. The van der Waals surface area contributed by atoms with Gasteiger partial charge in [0.05, 0.1) is 6.10 Å². The summed E-state index contributed by atoms with van der Waals surface area (Å²) >= 11 is 0. The van der Waals surface area contributed by atoms with E-state index in [9.17, 15) is 5.11 Å². The maximum Gasteiger partial charge on any atom is 0.0695 e. The third kappa shape index (κ3) is 2.12. The summed E-state index contributed by atoms with van der Waals surface area (Å²) in [6.07, 6.45) is 8.81. The van der Waals surface area contributed by atoms with Crippen LogP contribution in [0.2, 0.25) is 0 Å². The number of hydrogen-bond donors (Lipinski definition) is 1. The second-order valence-corrected chi connectivity index (χ2v) is 5.00. The molecular formula is C12H23NO. The van der Waals surface area contributed by atoms with Gasteiger partial charge in [-0.15, -0.1) is 0 Å². The molecule has 0 spiro atoms. The van der Waals surface area contributed by atoms with E-state index in [0.717, 1.165) is 6.42 Å². The highest BCUT2D eigenvalue weighted by Gasteiger charge is 2.33. The highest BCUT2D eigenvalue weighted by atomic mass is 16.3. The Labute approximate surface area is 87.3 Å². The van der Waals surface area contributed by atoms with Gasteiger partial charge in [0.2, 0.25) is 0 Å². The lowest BCUT2D eigenvalue weighted by atomic mass is 10.1. The topological polar surface area (TPSA) is 23.5 Å². The Balaban J connectivity index is 1.99. The fourth-order valence-corrected chi connectivity index (χ4v) is 3.10. The van der Waals surface area contributed by atoms with Crippen LogP contribution < -0.4 is 0 Å². The highest BCUT2D eigenvalue weighted by Crippen LogP contribution is 2.28. The van der Waals surface area contributed by atoms with Crippen LogP contribution in [0.15, 0.2) is 0 Å². The summed E-state index contributed by atoms with van der Waals surface area (Å²) in [5, 5.41) is 9.91. The van der Waals surface area contributed by atoms with Crippen molar-refractivity contribution < 1.29 is 5.11 Å². The fourth-order valence-electron chi connectivity index (χ4n) is 3.10. The predicted octanol–water partition coefficient (Wildman–Crippen LogP) is 2.16. The summed E-state index contributed by atoms with van der Waals surface area (Å²) in [6.45, 7) is 3.54. The van der Waals surface area contributed by atoms with Crippen LogP contribution in [-0.4, -0.2) is 34.7 Å². The Bertz CT molecular complexity index is 183. The van der Waals surface area contributed by atoms with Crippen molar-refractivity contribution in [2.24, 2.45) is 0 Å². The van der Waals surface area contributed by atoms with E-state index in [0.29, 0.717) is 12.1 Å². The Kier molecular flexibility index (Phi) is 3.45. The smallest absolute Gasteiger partial charge is 0.0695 e. The Morgan fingerprint density at radius 1 is 1.00 bits per heavy atom. The van der Waals surface area contributed by atoms with Crippen LogP contribution >= 0.6 is 0 Å². The number of nitrogens with zero attached hydrogens (tertiary/aromatic N) is 1. The van der Waals surface area contributed by atoms with E-state index < -0.39 is 0 Å². The summed E-state index contributed by atoms with van der Waals surface area (Å²) < 4.78 is 0. The molecule has 0 amide bonds. The summed E-state index contributed by atoms with van der Waals surface area (Å²) in [4.78, 5) is 2.57. The van der Waals surface area contributed by atoms with Gasteiger partial charge in [0, 0.05) is 12.1 Å². The molecule has 0 aromatic rings. The molecule has 0 aromatic heterocycles. The van der Waals surface area contributed by atoms with Crippen molar-refractivity contribution in [3.63, 3.8) is 0 Å². The minimum absolute atomic E-state index is 0.0458. The zero-order chi connectivity index (χ0) is 9.97. The zero-order valence-corrected chi connectivity index (χ0v) is 9.28. The van der Waals surface area contributed by atoms with Crippen molar-refractivity contribution in [2.75, 3.05) is 6.54 Å². The van der Waals surface area contributed by atoms with E-state index in [4.69, 9.17) is 0 Å².